The molecular formula is C10H16BF3NO2-. The Hall–Kier alpha value is -1.14. The first kappa shape index (κ1) is 13.9. The molecule has 3 nitrogen and oxygen atoms in total. The fraction of sp³-hybridized carbons (Fsp3) is 0.700. The molecule has 0 aliphatic carbocycles. The first-order valence-corrected chi connectivity index (χ1v) is 5.46. The average molecular weight is 250 g/mol. The second-order valence-electron chi connectivity index (χ2n) is 5.04. The van der Waals surface area contributed by atoms with E-state index >= 15 is 0 Å². The molecule has 98 valence electrons. The lowest BCUT2D eigenvalue weighted by molar-refractivity contribution is 0.0264. The van der Waals surface area contributed by atoms with Gasteiger partial charge in [0, 0.05) is 13.1 Å². The highest BCUT2D eigenvalue weighted by Gasteiger charge is 2.33. The maximum absolute atomic E-state index is 12.5. The van der Waals surface area contributed by atoms with Crippen molar-refractivity contribution in [2.45, 2.75) is 32.8 Å². The summed E-state index contributed by atoms with van der Waals surface area (Å²) in [5.41, 5.74) is -1.32. The highest BCUT2D eigenvalue weighted by molar-refractivity contribution is 6.67. The van der Waals surface area contributed by atoms with Gasteiger partial charge in [0.05, 0.1) is 0 Å². The van der Waals surface area contributed by atoms with Gasteiger partial charge in [-0.05, 0) is 27.2 Å². The van der Waals surface area contributed by atoms with Crippen molar-refractivity contribution < 1.29 is 22.5 Å². The molecule has 7 heteroatoms. The number of nitrogens with zero attached hydrogens (tertiary/aromatic N) is 1. The minimum atomic E-state index is -5.01. The molecule has 0 spiro atoms. The van der Waals surface area contributed by atoms with Crippen molar-refractivity contribution in [3.8, 4) is 0 Å². The summed E-state index contributed by atoms with van der Waals surface area (Å²) in [4.78, 5) is 12.7. The van der Waals surface area contributed by atoms with E-state index in [-0.39, 0.29) is 13.0 Å². The molecule has 0 saturated heterocycles. The monoisotopic (exact) mass is 250 g/mol. The number of hydrogen-bond acceptors (Lipinski definition) is 2. The lowest BCUT2D eigenvalue weighted by Crippen LogP contribution is -2.43. The summed E-state index contributed by atoms with van der Waals surface area (Å²) in [7, 11) is 0. The first-order chi connectivity index (χ1) is 7.59. The van der Waals surface area contributed by atoms with Crippen molar-refractivity contribution in [2.75, 3.05) is 13.1 Å². The van der Waals surface area contributed by atoms with Gasteiger partial charge in [0.15, 0.2) is 0 Å². The maximum atomic E-state index is 12.5. The number of hydrogen-bond donors (Lipinski definition) is 0. The van der Waals surface area contributed by atoms with Crippen LogP contribution in [0.15, 0.2) is 11.5 Å². The van der Waals surface area contributed by atoms with E-state index in [1.807, 2.05) is 0 Å². The van der Waals surface area contributed by atoms with Crippen molar-refractivity contribution in [3.63, 3.8) is 0 Å². The van der Waals surface area contributed by atoms with E-state index in [1.165, 1.54) is 0 Å². The third-order valence-corrected chi connectivity index (χ3v) is 2.25. The summed E-state index contributed by atoms with van der Waals surface area (Å²) >= 11 is 0. The summed E-state index contributed by atoms with van der Waals surface area (Å²) in [6.07, 6.45) is 0.680. The number of rotatable bonds is 1. The Morgan fingerprint density at radius 2 is 2.00 bits per heavy atom. The number of carbonyl (C=O) groups excluding carboxylic acids is 1. The number of carbonyl (C=O) groups is 1. The Bertz CT molecular complexity index is 333. The van der Waals surface area contributed by atoms with Crippen molar-refractivity contribution in [2.24, 2.45) is 0 Å². The number of ether oxygens (including phenoxy) is 1. The van der Waals surface area contributed by atoms with Gasteiger partial charge in [-0.15, -0.1) is 11.5 Å². The third-order valence-electron chi connectivity index (χ3n) is 2.25. The standard InChI is InChI=1S/C10H16BF3NO2/c1-10(2,3)17-9(16)15-6-4-5-8(7-15)11(12,13)14/h5H,4,6-7H2,1-3H3/q-1. The normalized spacial score (nSPS) is 17.8. The maximum Gasteiger partial charge on any atom is 0.507 e. The van der Waals surface area contributed by atoms with Gasteiger partial charge >= 0.3 is 13.1 Å². The first-order valence-electron chi connectivity index (χ1n) is 5.46. The summed E-state index contributed by atoms with van der Waals surface area (Å²) in [6.45, 7) is -0.108. The topological polar surface area (TPSA) is 29.5 Å². The second-order valence-corrected chi connectivity index (χ2v) is 5.04. The molecular weight excluding hydrogens is 234 g/mol. The Balaban J connectivity index is 2.65. The van der Waals surface area contributed by atoms with Crippen LogP contribution in [-0.2, 0) is 4.74 Å². The zero-order valence-corrected chi connectivity index (χ0v) is 10.2. The molecule has 17 heavy (non-hydrogen) atoms. The molecule has 0 aromatic rings. The fourth-order valence-corrected chi connectivity index (χ4v) is 1.49. The Morgan fingerprint density at radius 1 is 1.41 bits per heavy atom. The van der Waals surface area contributed by atoms with Crippen molar-refractivity contribution in [1.29, 1.82) is 0 Å². The molecule has 1 aliphatic heterocycles. The highest BCUT2D eigenvalue weighted by Crippen LogP contribution is 2.25. The molecule has 0 fully saturated rings. The van der Waals surface area contributed by atoms with E-state index in [9.17, 15) is 17.7 Å². The highest BCUT2D eigenvalue weighted by atomic mass is 19.4. The zero-order chi connectivity index (χ0) is 13.3. The lowest BCUT2D eigenvalue weighted by Gasteiger charge is -2.33. The second kappa shape index (κ2) is 4.62. The van der Waals surface area contributed by atoms with E-state index in [1.54, 1.807) is 20.8 Å². The number of amides is 1. The molecule has 1 aliphatic rings. The Morgan fingerprint density at radius 3 is 2.47 bits per heavy atom. The van der Waals surface area contributed by atoms with Crippen LogP contribution in [0.4, 0.5) is 17.7 Å². The van der Waals surface area contributed by atoms with E-state index in [2.05, 4.69) is 0 Å². The molecule has 0 N–H and O–H groups in total. The predicted octanol–water partition coefficient (Wildman–Crippen LogP) is 2.94. The Labute approximate surface area is 98.7 Å². The third kappa shape index (κ3) is 4.32. The molecule has 0 saturated carbocycles. The molecule has 0 atom stereocenters. The minimum absolute atomic E-state index is 0.218. The van der Waals surface area contributed by atoms with Gasteiger partial charge in [0.1, 0.15) is 5.60 Å². The molecule has 0 aromatic carbocycles. The largest absolute Gasteiger partial charge is 0.507 e. The van der Waals surface area contributed by atoms with Gasteiger partial charge in [0.2, 0.25) is 0 Å². The van der Waals surface area contributed by atoms with Crippen molar-refractivity contribution >= 4 is 13.1 Å². The average Bonchev–Trinajstić information content (AvgIpc) is 2.14. The fourth-order valence-electron chi connectivity index (χ4n) is 1.49. The molecule has 1 heterocycles. The van der Waals surface area contributed by atoms with Gasteiger partial charge in [-0.2, -0.15) is 0 Å². The molecule has 0 radical (unpaired) electrons. The van der Waals surface area contributed by atoms with E-state index in [0.717, 1.165) is 11.0 Å². The summed E-state index contributed by atoms with van der Waals surface area (Å²) < 4.78 is 42.6. The molecule has 1 amide bonds. The summed E-state index contributed by atoms with van der Waals surface area (Å²) in [5.74, 6) is 0. The van der Waals surface area contributed by atoms with Crippen molar-refractivity contribution in [1.82, 2.24) is 4.90 Å². The molecule has 0 unspecified atom stereocenters. The Kier molecular flexibility index (Phi) is 3.79. The van der Waals surface area contributed by atoms with Crippen LogP contribution in [0.5, 0.6) is 0 Å². The van der Waals surface area contributed by atoms with E-state index < -0.39 is 30.7 Å². The van der Waals surface area contributed by atoms with E-state index in [0.29, 0.717) is 0 Å². The minimum Gasteiger partial charge on any atom is -0.445 e. The van der Waals surface area contributed by atoms with Crippen LogP contribution in [0.3, 0.4) is 0 Å². The van der Waals surface area contributed by atoms with Crippen LogP contribution in [0.25, 0.3) is 0 Å². The van der Waals surface area contributed by atoms with Crippen LogP contribution in [0, 0.1) is 0 Å². The lowest BCUT2D eigenvalue weighted by atomic mass is 9.77. The van der Waals surface area contributed by atoms with Crippen LogP contribution >= 0.6 is 0 Å². The summed E-state index contributed by atoms with van der Waals surface area (Å²) in [5, 5.41) is 0. The van der Waals surface area contributed by atoms with Gasteiger partial charge in [-0.1, -0.05) is 0 Å². The zero-order valence-electron chi connectivity index (χ0n) is 10.2. The van der Waals surface area contributed by atoms with Crippen LogP contribution in [0.2, 0.25) is 0 Å². The summed E-state index contributed by atoms with van der Waals surface area (Å²) in [6, 6.07) is 0. The SMILES string of the molecule is CC(C)(C)OC(=O)N1CCC=C([B-](F)(F)F)C1. The molecule has 0 bridgehead atoms. The number of halogens is 3. The molecule has 1 rings (SSSR count). The quantitative estimate of drug-likeness (QED) is 0.669. The smallest absolute Gasteiger partial charge is 0.445 e. The van der Waals surface area contributed by atoms with E-state index in [4.69, 9.17) is 4.74 Å². The van der Waals surface area contributed by atoms with Crippen LogP contribution < -0.4 is 0 Å². The molecule has 0 aromatic heterocycles. The van der Waals surface area contributed by atoms with Gasteiger partial charge in [-0.25, -0.2) is 4.79 Å². The van der Waals surface area contributed by atoms with Crippen LogP contribution in [-0.4, -0.2) is 36.7 Å². The van der Waals surface area contributed by atoms with Gasteiger partial charge in [0.25, 0.3) is 0 Å². The predicted molar refractivity (Wildman–Crippen MR) is 59.6 cm³/mol. The van der Waals surface area contributed by atoms with Crippen LogP contribution in [0.1, 0.15) is 27.2 Å². The van der Waals surface area contributed by atoms with Gasteiger partial charge < -0.3 is 22.6 Å². The van der Waals surface area contributed by atoms with Crippen molar-refractivity contribution in [3.05, 3.63) is 11.5 Å². The van der Waals surface area contributed by atoms with Gasteiger partial charge in [-0.3, -0.25) is 0 Å².